The maximum atomic E-state index is 9.43. The van der Waals surface area contributed by atoms with Gasteiger partial charge in [-0.15, -0.1) is 0 Å². The van der Waals surface area contributed by atoms with Gasteiger partial charge in [0, 0.05) is 16.9 Å². The average molecular weight is 348 g/mol. The van der Waals surface area contributed by atoms with Crippen molar-refractivity contribution in [1.82, 2.24) is 15.0 Å². The van der Waals surface area contributed by atoms with Gasteiger partial charge in [-0.2, -0.15) is 17.9 Å². The Kier molecular flexibility index (Phi) is 4.55. The Hall–Kier alpha value is -3.11. The molecule has 2 heterocycles. The first kappa shape index (κ1) is 16.7. The highest BCUT2D eigenvalue weighted by atomic mass is 32.1. The molecule has 4 N–H and O–H groups in total. The van der Waals surface area contributed by atoms with Crippen molar-refractivity contribution in [2.45, 2.75) is 12.2 Å². The molecule has 1 aromatic carbocycles. The van der Waals surface area contributed by atoms with Crippen molar-refractivity contribution in [3.63, 3.8) is 0 Å². The smallest absolute Gasteiger partial charge is 0.150 e. The monoisotopic (exact) mass is 348 g/mol. The van der Waals surface area contributed by atoms with Gasteiger partial charge in [-0.1, -0.05) is 18.2 Å². The van der Waals surface area contributed by atoms with Gasteiger partial charge < -0.3 is 11.5 Å². The molecule has 0 radical (unpaired) electrons. The largest absolute Gasteiger partial charge is 0.399 e. The number of benzene rings is 1. The maximum absolute atomic E-state index is 9.43. The van der Waals surface area contributed by atoms with Crippen LogP contribution in [-0.4, -0.2) is 15.0 Å². The number of pyridine rings is 1. The zero-order valence-corrected chi connectivity index (χ0v) is 14.4. The molecule has 0 saturated heterocycles. The summed E-state index contributed by atoms with van der Waals surface area (Å²) >= 11 is 4.60. The van der Waals surface area contributed by atoms with E-state index in [4.69, 9.17) is 11.5 Å². The third kappa shape index (κ3) is 3.39. The van der Waals surface area contributed by atoms with Crippen LogP contribution in [0.5, 0.6) is 0 Å². The molecule has 3 aromatic rings. The van der Waals surface area contributed by atoms with Crippen LogP contribution in [0.4, 0.5) is 11.5 Å². The number of thiol groups is 1. The van der Waals surface area contributed by atoms with E-state index < -0.39 is 5.25 Å². The van der Waals surface area contributed by atoms with Gasteiger partial charge in [-0.05, 0) is 31.2 Å². The Labute approximate surface area is 151 Å². The van der Waals surface area contributed by atoms with Crippen molar-refractivity contribution in [3.8, 4) is 17.3 Å². The molecule has 0 aliphatic carbocycles. The number of hydrogen-bond donors (Lipinski definition) is 3. The first-order chi connectivity index (χ1) is 12.0. The summed E-state index contributed by atoms with van der Waals surface area (Å²) in [6.45, 7) is 1.90. The number of rotatable bonds is 3. The van der Waals surface area contributed by atoms with E-state index in [1.807, 2.05) is 25.1 Å². The molecule has 1 atom stereocenters. The van der Waals surface area contributed by atoms with Crippen LogP contribution in [0.15, 0.2) is 42.5 Å². The highest BCUT2D eigenvalue weighted by Crippen LogP contribution is 2.30. The van der Waals surface area contributed by atoms with Crippen LogP contribution in [0.1, 0.15) is 28.0 Å². The molecule has 0 fully saturated rings. The van der Waals surface area contributed by atoms with Gasteiger partial charge in [0.15, 0.2) is 0 Å². The lowest BCUT2D eigenvalue weighted by atomic mass is 10.1. The van der Waals surface area contributed by atoms with Gasteiger partial charge >= 0.3 is 0 Å². The third-order valence-corrected chi connectivity index (χ3v) is 4.18. The standard InChI is InChI=1S/C18H16N6S/c1-10-3-2-4-14(22-10)16(25)18-23-15(13(9-19)17(21)24-18)11-5-7-12(20)8-6-11/h2-8,16,25H,20H2,1H3,(H2,21,23,24). The number of aromatic nitrogens is 3. The van der Waals surface area contributed by atoms with Crippen LogP contribution in [-0.2, 0) is 0 Å². The Morgan fingerprint density at radius 2 is 1.76 bits per heavy atom. The highest BCUT2D eigenvalue weighted by molar-refractivity contribution is 7.80. The zero-order chi connectivity index (χ0) is 18.0. The number of hydrogen-bond acceptors (Lipinski definition) is 7. The quantitative estimate of drug-likeness (QED) is 0.495. The summed E-state index contributed by atoms with van der Waals surface area (Å²) in [6.07, 6.45) is 0. The molecule has 0 amide bonds. The van der Waals surface area contributed by atoms with E-state index in [0.29, 0.717) is 17.2 Å². The second-order valence-electron chi connectivity index (χ2n) is 5.53. The summed E-state index contributed by atoms with van der Waals surface area (Å²) in [4.78, 5) is 13.3. The average Bonchev–Trinajstić information content (AvgIpc) is 2.61. The lowest BCUT2D eigenvalue weighted by Gasteiger charge is -2.13. The van der Waals surface area contributed by atoms with E-state index in [1.54, 1.807) is 24.3 Å². The molecule has 0 aliphatic rings. The molecule has 124 valence electrons. The van der Waals surface area contributed by atoms with E-state index >= 15 is 0 Å². The van der Waals surface area contributed by atoms with E-state index in [-0.39, 0.29) is 11.4 Å². The number of anilines is 2. The Morgan fingerprint density at radius 1 is 1.04 bits per heavy atom. The third-order valence-electron chi connectivity index (χ3n) is 3.68. The first-order valence-corrected chi connectivity index (χ1v) is 8.06. The molecular formula is C18H16N6S. The lowest BCUT2D eigenvalue weighted by molar-refractivity contribution is 0.918. The van der Waals surface area contributed by atoms with E-state index in [9.17, 15) is 5.26 Å². The minimum atomic E-state index is -0.456. The predicted octanol–water partition coefficient (Wildman–Crippen LogP) is 2.90. The van der Waals surface area contributed by atoms with E-state index in [2.05, 4.69) is 33.6 Å². The van der Waals surface area contributed by atoms with Crippen molar-refractivity contribution in [1.29, 1.82) is 5.26 Å². The molecular weight excluding hydrogens is 332 g/mol. The summed E-state index contributed by atoms with van der Waals surface area (Å²) in [5.74, 6) is 0.510. The van der Waals surface area contributed by atoms with E-state index in [0.717, 1.165) is 17.0 Å². The van der Waals surface area contributed by atoms with Gasteiger partial charge in [-0.3, -0.25) is 4.98 Å². The molecule has 1 unspecified atom stereocenters. The number of nitrogens with two attached hydrogens (primary N) is 2. The SMILES string of the molecule is Cc1cccc(C(S)c2nc(N)c(C#N)c(-c3ccc(N)cc3)n2)n1. The van der Waals surface area contributed by atoms with Crippen LogP contribution in [0.2, 0.25) is 0 Å². The van der Waals surface area contributed by atoms with Gasteiger partial charge in [-0.25, -0.2) is 9.97 Å². The van der Waals surface area contributed by atoms with Crippen LogP contribution < -0.4 is 11.5 Å². The molecule has 0 saturated carbocycles. The molecule has 2 aromatic heterocycles. The van der Waals surface area contributed by atoms with E-state index in [1.165, 1.54) is 0 Å². The second kappa shape index (κ2) is 6.79. The van der Waals surface area contributed by atoms with Crippen molar-refractivity contribution in [2.75, 3.05) is 11.5 Å². The summed E-state index contributed by atoms with van der Waals surface area (Å²) in [5.41, 5.74) is 15.4. The van der Waals surface area contributed by atoms with Gasteiger partial charge in [0.05, 0.1) is 11.4 Å². The fraction of sp³-hybridized carbons (Fsp3) is 0.111. The van der Waals surface area contributed by atoms with Crippen molar-refractivity contribution >= 4 is 24.1 Å². The number of aryl methyl sites for hydroxylation is 1. The number of nitriles is 1. The molecule has 7 heteroatoms. The van der Waals surface area contributed by atoms with Crippen LogP contribution in [0, 0.1) is 18.3 Å². The molecule has 6 nitrogen and oxygen atoms in total. The molecule has 25 heavy (non-hydrogen) atoms. The highest BCUT2D eigenvalue weighted by Gasteiger charge is 2.20. The molecule has 0 bridgehead atoms. The van der Waals surface area contributed by atoms with Gasteiger partial charge in [0.25, 0.3) is 0 Å². The van der Waals surface area contributed by atoms with Gasteiger partial charge in [0.2, 0.25) is 0 Å². The van der Waals surface area contributed by atoms with Crippen molar-refractivity contribution in [3.05, 3.63) is 65.2 Å². The Morgan fingerprint density at radius 3 is 2.40 bits per heavy atom. The molecule has 0 spiro atoms. The minimum Gasteiger partial charge on any atom is -0.399 e. The Balaban J connectivity index is 2.13. The predicted molar refractivity (Wildman–Crippen MR) is 101 cm³/mol. The fourth-order valence-electron chi connectivity index (χ4n) is 2.43. The van der Waals surface area contributed by atoms with Crippen molar-refractivity contribution < 1.29 is 0 Å². The number of nitrogens with zero attached hydrogens (tertiary/aromatic N) is 4. The minimum absolute atomic E-state index is 0.117. The fourth-order valence-corrected chi connectivity index (χ4v) is 2.69. The topological polar surface area (TPSA) is 114 Å². The first-order valence-electron chi connectivity index (χ1n) is 7.54. The van der Waals surface area contributed by atoms with Gasteiger partial charge in [0.1, 0.15) is 28.5 Å². The molecule has 0 aliphatic heterocycles. The van der Waals surface area contributed by atoms with Crippen LogP contribution in [0.3, 0.4) is 0 Å². The second-order valence-corrected chi connectivity index (χ2v) is 6.05. The van der Waals surface area contributed by atoms with Crippen LogP contribution in [0.25, 0.3) is 11.3 Å². The summed E-state index contributed by atoms with van der Waals surface area (Å²) < 4.78 is 0. The van der Waals surface area contributed by atoms with Crippen molar-refractivity contribution in [2.24, 2.45) is 0 Å². The zero-order valence-electron chi connectivity index (χ0n) is 13.5. The molecule has 3 rings (SSSR count). The summed E-state index contributed by atoms with van der Waals surface area (Å²) in [7, 11) is 0. The summed E-state index contributed by atoms with van der Waals surface area (Å²) in [5, 5.41) is 8.98. The summed E-state index contributed by atoms with van der Waals surface area (Å²) in [6, 6.07) is 14.8. The number of nitrogen functional groups attached to an aromatic ring is 2. The maximum Gasteiger partial charge on any atom is 0.150 e. The van der Waals surface area contributed by atoms with Crippen LogP contribution >= 0.6 is 12.6 Å². The lowest BCUT2D eigenvalue weighted by Crippen LogP contribution is -2.09. The normalized spacial score (nSPS) is 11.7. The Bertz CT molecular complexity index is 962.